The summed E-state index contributed by atoms with van der Waals surface area (Å²) < 4.78 is 12.7. The second kappa shape index (κ2) is 11.3. The third-order valence-corrected chi connectivity index (χ3v) is 13.8. The van der Waals surface area contributed by atoms with E-state index in [2.05, 4.69) is 154 Å². The van der Waals surface area contributed by atoms with Crippen LogP contribution in [0.4, 0.5) is 0 Å². The fraction of sp³-hybridized carbons (Fsp3) is 0.128. The number of allylic oxidation sites excluding steroid dienone is 1. The molecule has 0 bridgehead atoms. The van der Waals surface area contributed by atoms with Crippen molar-refractivity contribution in [3.05, 3.63) is 168 Å². The normalized spacial score (nSPS) is 14.3. The summed E-state index contributed by atoms with van der Waals surface area (Å²) >= 11 is 0. The van der Waals surface area contributed by atoms with Crippen LogP contribution >= 0.6 is 0 Å². The Labute approximate surface area is 250 Å². The van der Waals surface area contributed by atoms with Crippen LogP contribution in [-0.4, -0.2) is 15.2 Å². The van der Waals surface area contributed by atoms with Gasteiger partial charge in [-0.1, -0.05) is 142 Å². The van der Waals surface area contributed by atoms with Gasteiger partial charge in [0.05, 0.1) is 7.11 Å². The summed E-state index contributed by atoms with van der Waals surface area (Å²) in [5.41, 5.74) is 8.04. The van der Waals surface area contributed by atoms with Crippen molar-refractivity contribution in [3.63, 3.8) is 0 Å². The van der Waals surface area contributed by atoms with Crippen molar-refractivity contribution >= 4 is 29.6 Å². The molecule has 0 spiro atoms. The zero-order chi connectivity index (χ0) is 29.2. The van der Waals surface area contributed by atoms with Crippen LogP contribution in [0.25, 0.3) is 11.1 Å². The van der Waals surface area contributed by atoms with E-state index in [9.17, 15) is 0 Å². The number of hydrogen-bond donors (Lipinski definition) is 0. The Morgan fingerprint density at radius 2 is 1.07 bits per heavy atom. The molecular weight excluding hydrogens is 529 g/mol. The maximum Gasteiger partial charge on any atom is 0.150 e. The van der Waals surface area contributed by atoms with E-state index in [1.807, 2.05) is 12.1 Å². The van der Waals surface area contributed by atoms with Gasteiger partial charge in [0.15, 0.2) is 0 Å². The lowest BCUT2D eigenvalue weighted by atomic mass is 9.86. The van der Waals surface area contributed by atoms with Crippen molar-refractivity contribution in [2.24, 2.45) is 0 Å². The summed E-state index contributed by atoms with van der Waals surface area (Å²) in [6, 6.07) is 49.5. The third-order valence-electron chi connectivity index (χ3n) is 8.29. The molecule has 6 rings (SSSR count). The average molecular weight is 565 g/mol. The van der Waals surface area contributed by atoms with Gasteiger partial charge in [0.1, 0.15) is 25.3 Å². The molecule has 0 unspecified atom stereocenters. The van der Waals surface area contributed by atoms with E-state index in [1.165, 1.54) is 10.4 Å². The van der Waals surface area contributed by atoms with Gasteiger partial charge in [0.2, 0.25) is 0 Å². The smallest absolute Gasteiger partial charge is 0.150 e. The van der Waals surface area contributed by atoms with Gasteiger partial charge >= 0.3 is 0 Å². The molecule has 5 aromatic carbocycles. The fourth-order valence-electron chi connectivity index (χ4n) is 6.26. The highest BCUT2D eigenvalue weighted by atomic mass is 28.3. The predicted octanol–water partition coefficient (Wildman–Crippen LogP) is 8.53. The number of benzene rings is 5. The lowest BCUT2D eigenvalue weighted by Gasteiger charge is -2.43. The van der Waals surface area contributed by atoms with Gasteiger partial charge in [-0.25, -0.2) is 0 Å². The van der Waals surface area contributed by atoms with E-state index in [4.69, 9.17) is 9.47 Å². The minimum atomic E-state index is -2.63. The van der Waals surface area contributed by atoms with Crippen LogP contribution in [0.3, 0.4) is 0 Å². The van der Waals surface area contributed by atoms with Crippen LogP contribution in [0.15, 0.2) is 151 Å². The SMILES string of the molecule is COc1ccc2c(c1)C(c1ccccc1)=C(c1ccccc1)/C(=C/[Si](c1ccccc1)(c1ccccc1)C(C)(C)C)O2. The number of ether oxygens (including phenoxy) is 2. The summed E-state index contributed by atoms with van der Waals surface area (Å²) in [7, 11) is -0.915. The maximum atomic E-state index is 7.03. The van der Waals surface area contributed by atoms with E-state index in [0.717, 1.165) is 45.1 Å². The predicted molar refractivity (Wildman–Crippen MR) is 178 cm³/mol. The molecule has 0 amide bonds. The molecule has 0 aliphatic carbocycles. The lowest BCUT2D eigenvalue weighted by molar-refractivity contribution is 0.410. The van der Waals surface area contributed by atoms with Crippen molar-refractivity contribution < 1.29 is 9.47 Å². The quantitative estimate of drug-likeness (QED) is 0.192. The summed E-state index contributed by atoms with van der Waals surface area (Å²) in [4.78, 5) is 0. The summed E-state index contributed by atoms with van der Waals surface area (Å²) in [5.74, 6) is 2.53. The Balaban J connectivity index is 1.76. The highest BCUT2D eigenvalue weighted by Gasteiger charge is 2.47. The number of fused-ring (bicyclic) bond motifs is 1. The molecule has 1 aliphatic rings. The molecule has 0 saturated heterocycles. The van der Waals surface area contributed by atoms with E-state index < -0.39 is 8.07 Å². The molecule has 1 aliphatic heterocycles. The summed E-state index contributed by atoms with van der Waals surface area (Å²) in [6.07, 6.45) is 0. The molecule has 5 aromatic rings. The first-order valence-electron chi connectivity index (χ1n) is 14.5. The molecule has 0 saturated carbocycles. The van der Waals surface area contributed by atoms with Gasteiger partial charge in [-0.05, 0) is 50.4 Å². The van der Waals surface area contributed by atoms with Gasteiger partial charge in [-0.3, -0.25) is 0 Å². The maximum absolute atomic E-state index is 7.03. The molecule has 0 atom stereocenters. The molecule has 42 heavy (non-hydrogen) atoms. The van der Waals surface area contributed by atoms with Gasteiger partial charge < -0.3 is 9.47 Å². The topological polar surface area (TPSA) is 18.5 Å². The van der Waals surface area contributed by atoms with Crippen molar-refractivity contribution in [1.29, 1.82) is 0 Å². The van der Waals surface area contributed by atoms with Crippen LogP contribution in [0.2, 0.25) is 5.04 Å². The number of methoxy groups -OCH3 is 1. The minimum absolute atomic E-state index is 0.0685. The second-order valence-corrected chi connectivity index (χ2v) is 16.3. The molecule has 3 heteroatoms. The van der Waals surface area contributed by atoms with E-state index in [-0.39, 0.29) is 5.04 Å². The zero-order valence-corrected chi connectivity index (χ0v) is 25.7. The molecule has 1 heterocycles. The van der Waals surface area contributed by atoms with E-state index in [1.54, 1.807) is 7.11 Å². The van der Waals surface area contributed by atoms with E-state index in [0.29, 0.717) is 0 Å². The molecule has 208 valence electrons. The van der Waals surface area contributed by atoms with Crippen LogP contribution in [0, 0.1) is 0 Å². The molecule has 2 nitrogen and oxygen atoms in total. The minimum Gasteiger partial charge on any atom is -0.497 e. The summed E-state index contributed by atoms with van der Waals surface area (Å²) in [6.45, 7) is 7.13. The van der Waals surface area contributed by atoms with Crippen LogP contribution in [0.5, 0.6) is 11.5 Å². The third kappa shape index (κ3) is 4.91. The highest BCUT2D eigenvalue weighted by Crippen LogP contribution is 2.48. The monoisotopic (exact) mass is 564 g/mol. The second-order valence-electron chi connectivity index (χ2n) is 11.7. The number of rotatable bonds is 6. The molecular formula is C39H36O2Si. The van der Waals surface area contributed by atoms with Gasteiger partial charge in [-0.2, -0.15) is 0 Å². The van der Waals surface area contributed by atoms with Gasteiger partial charge in [0, 0.05) is 16.7 Å². The Morgan fingerprint density at radius 3 is 1.55 bits per heavy atom. The average Bonchev–Trinajstić information content (AvgIpc) is 3.03. The van der Waals surface area contributed by atoms with Crippen molar-refractivity contribution in [2.45, 2.75) is 25.8 Å². The Morgan fingerprint density at radius 1 is 0.595 bits per heavy atom. The van der Waals surface area contributed by atoms with Crippen molar-refractivity contribution in [3.8, 4) is 11.5 Å². The van der Waals surface area contributed by atoms with Gasteiger partial charge in [-0.15, -0.1) is 0 Å². The first-order valence-corrected chi connectivity index (χ1v) is 16.6. The molecule has 0 fully saturated rings. The molecule has 0 N–H and O–H groups in total. The van der Waals surface area contributed by atoms with Gasteiger partial charge in [0.25, 0.3) is 0 Å². The highest BCUT2D eigenvalue weighted by molar-refractivity contribution is 7.08. The van der Waals surface area contributed by atoms with Crippen LogP contribution < -0.4 is 19.8 Å². The Kier molecular flexibility index (Phi) is 7.45. The fourth-order valence-corrected chi connectivity index (χ4v) is 11.1. The summed E-state index contributed by atoms with van der Waals surface area (Å²) in [5, 5.41) is 2.64. The van der Waals surface area contributed by atoms with Crippen LogP contribution in [0.1, 0.15) is 37.5 Å². The largest absolute Gasteiger partial charge is 0.497 e. The van der Waals surface area contributed by atoms with Crippen molar-refractivity contribution in [2.75, 3.05) is 7.11 Å². The first-order chi connectivity index (χ1) is 20.4. The van der Waals surface area contributed by atoms with Crippen LogP contribution in [-0.2, 0) is 0 Å². The standard InChI is InChI=1S/C39H36O2Si/c1-39(2,3)42(32-21-13-7-14-22-32,33-23-15-8-16-24-33)28-36-38(30-19-11-6-12-20-30)37(29-17-9-5-10-18-29)34-27-31(40-4)25-26-35(34)41-36/h5-28H,1-4H3/b36-28-. The van der Waals surface area contributed by atoms with E-state index >= 15 is 0 Å². The number of hydrogen-bond acceptors (Lipinski definition) is 2. The van der Waals surface area contributed by atoms with Crippen molar-refractivity contribution in [1.82, 2.24) is 0 Å². The first kappa shape index (κ1) is 27.6. The molecule has 0 radical (unpaired) electrons. The lowest BCUT2D eigenvalue weighted by Crippen LogP contribution is -2.63. The Bertz CT molecular complexity index is 1690. The molecule has 0 aromatic heterocycles. The Hall–Kier alpha value is -4.60. The zero-order valence-electron chi connectivity index (χ0n) is 24.7.